The Balaban J connectivity index is 1.26. The smallest absolute Gasteiger partial charge is 0.332 e. The molecule has 0 unspecified atom stereocenters. The number of thiophene rings is 1. The third-order valence-corrected chi connectivity index (χ3v) is 9.61. The van der Waals surface area contributed by atoms with Crippen molar-refractivity contribution in [1.82, 2.24) is 9.88 Å². The highest BCUT2D eigenvalue weighted by molar-refractivity contribution is 7.10. The Morgan fingerprint density at radius 2 is 1.94 bits per heavy atom. The van der Waals surface area contributed by atoms with Gasteiger partial charge < -0.3 is 9.22 Å². The topological polar surface area (TPSA) is 42.4 Å². The van der Waals surface area contributed by atoms with Crippen LogP contribution in [0.15, 0.2) is 42.0 Å². The molecule has 2 bridgehead atoms. The summed E-state index contributed by atoms with van der Waals surface area (Å²) >= 11 is 1.69. The zero-order valence-corrected chi connectivity index (χ0v) is 20.8. The fraction of sp³-hybridized carbons (Fsp3) is 0.630. The van der Waals surface area contributed by atoms with Gasteiger partial charge in [0, 0.05) is 42.5 Å². The van der Waals surface area contributed by atoms with Gasteiger partial charge in [0.2, 0.25) is 0 Å². The highest BCUT2D eigenvalue weighted by atomic mass is 32.1. The maximum Gasteiger partial charge on any atom is 0.332 e. The second-order valence-corrected chi connectivity index (χ2v) is 11.5. The molecule has 178 valence electrons. The van der Waals surface area contributed by atoms with E-state index in [1.54, 1.807) is 11.3 Å². The monoisotopic (exact) mass is 468 g/mol. The number of hydrogen-bond donors (Lipinski definition) is 0. The van der Waals surface area contributed by atoms with Gasteiger partial charge >= 0.3 is 5.97 Å². The first-order valence-corrected chi connectivity index (χ1v) is 13.7. The summed E-state index contributed by atoms with van der Waals surface area (Å²) in [5, 5.41) is 2.09. The maximum absolute atomic E-state index is 13.8. The van der Waals surface area contributed by atoms with E-state index in [1.807, 2.05) is 12.4 Å². The van der Waals surface area contributed by atoms with Gasteiger partial charge in [-0.05, 0) is 68.4 Å². The van der Waals surface area contributed by atoms with Crippen molar-refractivity contribution in [2.45, 2.75) is 63.5 Å². The van der Waals surface area contributed by atoms with Crippen LogP contribution in [0.3, 0.4) is 0 Å². The van der Waals surface area contributed by atoms with Crippen molar-refractivity contribution in [3.05, 3.63) is 52.5 Å². The molecule has 0 radical (unpaired) electrons. The quantitative estimate of drug-likeness (QED) is 0.419. The molecule has 5 nitrogen and oxygen atoms in total. The summed E-state index contributed by atoms with van der Waals surface area (Å²) in [6, 6.07) is 8.43. The molecule has 4 saturated heterocycles. The van der Waals surface area contributed by atoms with Gasteiger partial charge in [-0.25, -0.2) is 4.79 Å². The van der Waals surface area contributed by atoms with Gasteiger partial charge in [-0.3, -0.25) is 9.88 Å². The summed E-state index contributed by atoms with van der Waals surface area (Å²) in [6.45, 7) is 8.71. The van der Waals surface area contributed by atoms with Crippen LogP contribution in [0.25, 0.3) is 0 Å². The number of rotatable bonds is 8. The molecule has 4 aliphatic rings. The molecule has 0 amide bonds. The number of esters is 1. The molecule has 4 fully saturated rings. The number of aryl methyl sites for hydroxylation is 1. The molecule has 33 heavy (non-hydrogen) atoms. The summed E-state index contributed by atoms with van der Waals surface area (Å²) in [5.41, 5.74) is 0.707. The first-order valence-electron chi connectivity index (χ1n) is 12.8. The van der Waals surface area contributed by atoms with E-state index >= 15 is 0 Å². The zero-order valence-electron chi connectivity index (χ0n) is 20.0. The van der Waals surface area contributed by atoms with Crippen LogP contribution in [-0.2, 0) is 21.5 Å². The summed E-state index contributed by atoms with van der Waals surface area (Å²) in [5.74, 6) is 0.503. The SMILES string of the molecule is C[C@@](C(=O)O[C@H]1C[N+]2(CCCc3ccncc3)CCC1CC2)(c1cccs1)N1CCCCC1. The summed E-state index contributed by atoms with van der Waals surface area (Å²) in [7, 11) is 0. The van der Waals surface area contributed by atoms with Gasteiger partial charge in [0.1, 0.15) is 6.54 Å². The average molecular weight is 469 g/mol. The number of aromatic nitrogens is 1. The van der Waals surface area contributed by atoms with Crippen LogP contribution in [-0.4, -0.2) is 65.7 Å². The Morgan fingerprint density at radius 3 is 2.64 bits per heavy atom. The Bertz CT molecular complexity index is 905. The molecule has 6 rings (SSSR count). The van der Waals surface area contributed by atoms with E-state index in [4.69, 9.17) is 4.74 Å². The Kier molecular flexibility index (Phi) is 6.86. The van der Waals surface area contributed by atoms with Gasteiger partial charge in [0.25, 0.3) is 0 Å². The first-order chi connectivity index (χ1) is 16.1. The number of carbonyl (C=O) groups excluding carboxylic acids is 1. The molecule has 6 heteroatoms. The number of hydrogen-bond acceptors (Lipinski definition) is 5. The van der Waals surface area contributed by atoms with Crippen LogP contribution >= 0.6 is 11.3 Å². The van der Waals surface area contributed by atoms with Crippen molar-refractivity contribution >= 4 is 17.3 Å². The molecular formula is C27H38N3O2S+. The van der Waals surface area contributed by atoms with E-state index in [2.05, 4.69) is 46.5 Å². The van der Waals surface area contributed by atoms with Gasteiger partial charge in [-0.15, -0.1) is 11.3 Å². The van der Waals surface area contributed by atoms with Gasteiger partial charge in [0.15, 0.2) is 11.6 Å². The first kappa shape index (κ1) is 23.0. The van der Waals surface area contributed by atoms with E-state index in [9.17, 15) is 4.79 Å². The summed E-state index contributed by atoms with van der Waals surface area (Å²) in [4.78, 5) is 21.5. The summed E-state index contributed by atoms with van der Waals surface area (Å²) < 4.78 is 7.58. The molecule has 2 aromatic heterocycles. The lowest BCUT2D eigenvalue weighted by molar-refractivity contribution is -0.946. The summed E-state index contributed by atoms with van der Waals surface area (Å²) in [6.07, 6.45) is 12.1. The van der Waals surface area contributed by atoms with Crippen molar-refractivity contribution in [1.29, 1.82) is 0 Å². The van der Waals surface area contributed by atoms with Crippen molar-refractivity contribution in [3.63, 3.8) is 0 Å². The van der Waals surface area contributed by atoms with Crippen molar-refractivity contribution in [2.24, 2.45) is 5.92 Å². The van der Waals surface area contributed by atoms with Gasteiger partial charge in [-0.2, -0.15) is 0 Å². The number of quaternary nitrogens is 1. The third-order valence-electron chi connectivity index (χ3n) is 8.53. The lowest BCUT2D eigenvalue weighted by atomic mass is 9.82. The number of piperidine rings is 4. The Morgan fingerprint density at radius 1 is 1.18 bits per heavy atom. The predicted octanol–water partition coefficient (Wildman–Crippen LogP) is 4.63. The molecule has 0 spiro atoms. The van der Waals surface area contributed by atoms with Gasteiger partial charge in [-0.1, -0.05) is 12.5 Å². The van der Waals surface area contributed by atoms with Crippen molar-refractivity contribution < 1.29 is 14.0 Å². The fourth-order valence-corrected chi connectivity index (χ4v) is 7.27. The molecule has 0 aliphatic carbocycles. The highest BCUT2D eigenvalue weighted by Crippen LogP contribution is 2.40. The Hall–Kier alpha value is -1.76. The van der Waals surface area contributed by atoms with Crippen molar-refractivity contribution in [3.8, 4) is 0 Å². The number of carbonyl (C=O) groups is 1. The standard InChI is InChI=1S/C27H38N3O2S/c1-27(25-8-6-20-33-25,29-15-3-2-4-16-29)26(31)32-24-21-30(18-11-23(24)12-19-30)17-5-7-22-9-13-28-14-10-22/h6,8-10,13-14,20,23-24H,2-5,7,11-12,15-19,21H2,1H3/q+1/t23?,24-,27-,30?/m0/s1. The molecule has 6 heterocycles. The van der Waals surface area contributed by atoms with Crippen LogP contribution < -0.4 is 0 Å². The van der Waals surface area contributed by atoms with Crippen LogP contribution in [0.5, 0.6) is 0 Å². The Labute approximate surface area is 202 Å². The molecular weight excluding hydrogens is 430 g/mol. The maximum atomic E-state index is 13.8. The number of nitrogens with zero attached hydrogens (tertiary/aromatic N) is 3. The lowest BCUT2D eigenvalue weighted by Gasteiger charge is -2.52. The zero-order chi connectivity index (χ0) is 22.7. The van der Waals surface area contributed by atoms with Crippen LogP contribution in [0, 0.1) is 5.92 Å². The second-order valence-electron chi connectivity index (χ2n) is 10.5. The van der Waals surface area contributed by atoms with Crippen molar-refractivity contribution in [2.75, 3.05) is 39.3 Å². The van der Waals surface area contributed by atoms with E-state index in [0.717, 1.165) is 48.3 Å². The molecule has 2 atom stereocenters. The van der Waals surface area contributed by atoms with E-state index in [-0.39, 0.29) is 12.1 Å². The molecule has 0 N–H and O–H groups in total. The number of pyridine rings is 1. The van der Waals surface area contributed by atoms with Crippen LogP contribution in [0.1, 0.15) is 55.9 Å². The van der Waals surface area contributed by atoms with E-state index < -0.39 is 5.54 Å². The largest absolute Gasteiger partial charge is 0.454 e. The van der Waals surface area contributed by atoms with Crippen LogP contribution in [0.4, 0.5) is 0 Å². The number of likely N-dealkylation sites (tertiary alicyclic amines) is 1. The second kappa shape index (κ2) is 9.85. The average Bonchev–Trinajstić information content (AvgIpc) is 3.41. The third kappa shape index (κ3) is 4.75. The normalized spacial score (nSPS) is 29.5. The minimum atomic E-state index is -0.660. The lowest BCUT2D eigenvalue weighted by Crippen LogP contribution is -2.65. The minimum absolute atomic E-state index is 0.0273. The van der Waals surface area contributed by atoms with E-state index in [0.29, 0.717) is 5.92 Å². The molecule has 0 aromatic carbocycles. The number of fused-ring (bicyclic) bond motifs is 3. The van der Waals surface area contributed by atoms with E-state index in [1.165, 1.54) is 50.9 Å². The number of ether oxygens (including phenoxy) is 1. The van der Waals surface area contributed by atoms with Gasteiger partial charge in [0.05, 0.1) is 19.6 Å². The fourth-order valence-electron chi connectivity index (χ4n) is 6.37. The molecule has 0 saturated carbocycles. The van der Waals surface area contributed by atoms with Crippen LogP contribution in [0.2, 0.25) is 0 Å². The predicted molar refractivity (Wildman–Crippen MR) is 132 cm³/mol. The minimum Gasteiger partial charge on any atom is -0.454 e. The molecule has 4 aliphatic heterocycles. The molecule has 2 aromatic rings. The highest BCUT2D eigenvalue weighted by Gasteiger charge is 2.50.